The molecule has 0 spiro atoms. The average Bonchev–Trinajstić information content (AvgIpc) is 2.34. The molecule has 0 aliphatic carbocycles. The lowest BCUT2D eigenvalue weighted by Crippen LogP contribution is -2.47. The van der Waals surface area contributed by atoms with E-state index in [9.17, 15) is 0 Å². The van der Waals surface area contributed by atoms with Gasteiger partial charge in [-0.05, 0) is 37.1 Å². The highest BCUT2D eigenvalue weighted by Crippen LogP contribution is 2.24. The molecule has 2 unspecified atom stereocenters. The summed E-state index contributed by atoms with van der Waals surface area (Å²) in [5, 5.41) is 0. The Morgan fingerprint density at radius 1 is 1.50 bits per heavy atom. The van der Waals surface area contributed by atoms with Crippen LogP contribution in [0.3, 0.4) is 0 Å². The minimum absolute atomic E-state index is 0.313. The maximum absolute atomic E-state index is 5.86. The van der Waals surface area contributed by atoms with Gasteiger partial charge in [-0.3, -0.25) is 4.90 Å². The topological polar surface area (TPSA) is 38.5 Å². The van der Waals surface area contributed by atoms with Gasteiger partial charge in [-0.1, -0.05) is 22.9 Å². The maximum atomic E-state index is 5.86. The van der Waals surface area contributed by atoms with Crippen LogP contribution in [-0.4, -0.2) is 30.2 Å². The van der Waals surface area contributed by atoms with Crippen LogP contribution in [0.5, 0.6) is 0 Å². The van der Waals surface area contributed by atoms with Gasteiger partial charge < -0.3 is 10.5 Å². The van der Waals surface area contributed by atoms with Crippen molar-refractivity contribution in [3.63, 3.8) is 0 Å². The normalized spacial score (nSPS) is 25.3. The van der Waals surface area contributed by atoms with E-state index in [1.165, 1.54) is 5.56 Å². The zero-order valence-electron chi connectivity index (χ0n) is 11.0. The van der Waals surface area contributed by atoms with Crippen molar-refractivity contribution in [3.8, 4) is 0 Å². The fourth-order valence-corrected chi connectivity index (χ4v) is 2.79. The third-order valence-corrected chi connectivity index (χ3v) is 4.27. The Morgan fingerprint density at radius 2 is 2.28 bits per heavy atom. The molecule has 1 aliphatic heterocycles. The van der Waals surface area contributed by atoms with Crippen molar-refractivity contribution >= 4 is 21.6 Å². The third-order valence-electron chi connectivity index (χ3n) is 3.50. The number of morpholine rings is 1. The largest absolute Gasteiger partial charge is 0.399 e. The van der Waals surface area contributed by atoms with E-state index in [-0.39, 0.29) is 0 Å². The van der Waals surface area contributed by atoms with Crippen molar-refractivity contribution in [2.45, 2.75) is 39.0 Å². The van der Waals surface area contributed by atoms with Crippen LogP contribution in [0.15, 0.2) is 22.7 Å². The second-order valence-corrected chi connectivity index (χ2v) is 5.84. The highest BCUT2D eigenvalue weighted by molar-refractivity contribution is 9.10. The fourth-order valence-electron chi connectivity index (χ4n) is 2.42. The molecular weight excluding hydrogens is 292 g/mol. The molecular formula is C14H21BrN2O. The van der Waals surface area contributed by atoms with Crippen LogP contribution in [0, 0.1) is 0 Å². The Labute approximate surface area is 117 Å². The lowest BCUT2D eigenvalue weighted by molar-refractivity contribution is -0.0592. The summed E-state index contributed by atoms with van der Waals surface area (Å²) in [6, 6.07) is 6.51. The van der Waals surface area contributed by atoms with Gasteiger partial charge in [0.05, 0.1) is 12.7 Å². The van der Waals surface area contributed by atoms with Crippen molar-refractivity contribution in [2.75, 3.05) is 18.9 Å². The van der Waals surface area contributed by atoms with E-state index in [2.05, 4.69) is 40.7 Å². The first-order valence-corrected chi connectivity index (χ1v) is 7.29. The first kappa shape index (κ1) is 13.8. The number of anilines is 1. The van der Waals surface area contributed by atoms with E-state index in [4.69, 9.17) is 10.5 Å². The Bertz CT molecular complexity index is 411. The van der Waals surface area contributed by atoms with Gasteiger partial charge in [-0.25, -0.2) is 0 Å². The molecule has 1 aliphatic rings. The number of benzene rings is 1. The number of rotatable bonds is 3. The Kier molecular flexibility index (Phi) is 4.65. The molecule has 1 fully saturated rings. The fraction of sp³-hybridized carbons (Fsp3) is 0.571. The zero-order chi connectivity index (χ0) is 13.1. The molecule has 0 amide bonds. The van der Waals surface area contributed by atoms with E-state index in [1.807, 2.05) is 12.1 Å². The zero-order valence-corrected chi connectivity index (χ0v) is 12.6. The summed E-state index contributed by atoms with van der Waals surface area (Å²) in [7, 11) is 0. The smallest absolute Gasteiger partial charge is 0.0674 e. The van der Waals surface area contributed by atoms with Crippen LogP contribution in [-0.2, 0) is 11.3 Å². The summed E-state index contributed by atoms with van der Waals surface area (Å²) < 4.78 is 6.86. The minimum Gasteiger partial charge on any atom is -0.399 e. The predicted octanol–water partition coefficient (Wildman–Crippen LogP) is 3.03. The lowest BCUT2D eigenvalue weighted by atomic mass is 10.1. The van der Waals surface area contributed by atoms with Gasteiger partial charge in [0.1, 0.15) is 0 Å². The highest BCUT2D eigenvalue weighted by Gasteiger charge is 2.25. The van der Waals surface area contributed by atoms with Crippen LogP contribution >= 0.6 is 15.9 Å². The number of hydrogen-bond donors (Lipinski definition) is 1. The van der Waals surface area contributed by atoms with E-state index in [0.29, 0.717) is 12.1 Å². The van der Waals surface area contributed by atoms with Crippen molar-refractivity contribution < 1.29 is 4.74 Å². The summed E-state index contributed by atoms with van der Waals surface area (Å²) >= 11 is 3.60. The molecule has 0 radical (unpaired) electrons. The Balaban J connectivity index is 2.12. The van der Waals surface area contributed by atoms with Gasteiger partial charge in [0.25, 0.3) is 0 Å². The van der Waals surface area contributed by atoms with Crippen LogP contribution in [0.25, 0.3) is 0 Å². The quantitative estimate of drug-likeness (QED) is 0.872. The summed E-state index contributed by atoms with van der Waals surface area (Å²) in [6.07, 6.45) is 1.43. The second-order valence-electron chi connectivity index (χ2n) is 4.99. The average molecular weight is 313 g/mol. The van der Waals surface area contributed by atoms with Gasteiger partial charge in [0.15, 0.2) is 0 Å². The van der Waals surface area contributed by atoms with Gasteiger partial charge in [0.2, 0.25) is 0 Å². The lowest BCUT2D eigenvalue weighted by Gasteiger charge is -2.38. The van der Waals surface area contributed by atoms with E-state index >= 15 is 0 Å². The highest BCUT2D eigenvalue weighted by atomic mass is 79.9. The molecule has 4 heteroatoms. The molecule has 2 N–H and O–H groups in total. The first-order chi connectivity index (χ1) is 8.60. The molecule has 0 bridgehead atoms. The van der Waals surface area contributed by atoms with E-state index in [1.54, 1.807) is 0 Å². The van der Waals surface area contributed by atoms with Crippen LogP contribution in [0.2, 0.25) is 0 Å². The Hall–Kier alpha value is -0.580. The number of nitrogen functional groups attached to an aromatic ring is 1. The maximum Gasteiger partial charge on any atom is 0.0674 e. The van der Waals surface area contributed by atoms with E-state index in [0.717, 1.165) is 36.3 Å². The molecule has 1 heterocycles. The van der Waals surface area contributed by atoms with Crippen LogP contribution in [0.1, 0.15) is 25.8 Å². The monoisotopic (exact) mass is 312 g/mol. The molecule has 1 aromatic rings. The summed E-state index contributed by atoms with van der Waals surface area (Å²) in [5.41, 5.74) is 7.94. The molecule has 1 aromatic carbocycles. The Morgan fingerprint density at radius 3 is 3.00 bits per heavy atom. The van der Waals surface area contributed by atoms with E-state index < -0.39 is 0 Å². The molecule has 1 saturated heterocycles. The van der Waals surface area contributed by atoms with Crippen molar-refractivity contribution in [3.05, 3.63) is 28.2 Å². The number of nitrogens with zero attached hydrogens (tertiary/aromatic N) is 1. The van der Waals surface area contributed by atoms with Crippen molar-refractivity contribution in [2.24, 2.45) is 0 Å². The predicted molar refractivity (Wildman–Crippen MR) is 78.5 cm³/mol. The summed E-state index contributed by atoms with van der Waals surface area (Å²) in [5.74, 6) is 0. The minimum atomic E-state index is 0.313. The van der Waals surface area contributed by atoms with Gasteiger partial charge in [0, 0.05) is 29.3 Å². The van der Waals surface area contributed by atoms with Crippen LogP contribution < -0.4 is 5.73 Å². The third kappa shape index (κ3) is 3.25. The molecule has 3 nitrogen and oxygen atoms in total. The summed E-state index contributed by atoms with van der Waals surface area (Å²) in [4.78, 5) is 2.49. The SMILES string of the molecule is CCC1COC(C)CN1Cc1cc(N)ccc1Br. The van der Waals surface area contributed by atoms with Gasteiger partial charge >= 0.3 is 0 Å². The molecule has 100 valence electrons. The number of ether oxygens (including phenoxy) is 1. The van der Waals surface area contributed by atoms with Crippen molar-refractivity contribution in [1.82, 2.24) is 4.90 Å². The van der Waals surface area contributed by atoms with Gasteiger partial charge in [-0.2, -0.15) is 0 Å². The number of hydrogen-bond acceptors (Lipinski definition) is 3. The summed E-state index contributed by atoms with van der Waals surface area (Å²) in [6.45, 7) is 7.09. The molecule has 18 heavy (non-hydrogen) atoms. The second kappa shape index (κ2) is 6.04. The molecule has 2 rings (SSSR count). The molecule has 0 saturated carbocycles. The molecule has 2 atom stereocenters. The molecule has 0 aromatic heterocycles. The van der Waals surface area contributed by atoms with Gasteiger partial charge in [-0.15, -0.1) is 0 Å². The first-order valence-electron chi connectivity index (χ1n) is 6.49. The number of halogens is 1. The van der Waals surface area contributed by atoms with Crippen LogP contribution in [0.4, 0.5) is 5.69 Å². The standard InChI is InChI=1S/C14H21BrN2O/c1-3-13-9-18-10(2)7-17(13)8-11-6-12(16)4-5-14(11)15/h4-6,10,13H,3,7-9,16H2,1-2H3. The van der Waals surface area contributed by atoms with Crippen molar-refractivity contribution in [1.29, 1.82) is 0 Å². The number of nitrogens with two attached hydrogens (primary N) is 1.